The second-order valence-corrected chi connectivity index (χ2v) is 5.76. The van der Waals surface area contributed by atoms with Crippen LogP contribution in [0, 0.1) is 0 Å². The molecule has 2 aromatic carbocycles. The van der Waals surface area contributed by atoms with Crippen LogP contribution in [0.5, 0.6) is 11.5 Å². The summed E-state index contributed by atoms with van der Waals surface area (Å²) in [6.45, 7) is 3.04. The van der Waals surface area contributed by atoms with Gasteiger partial charge >= 0.3 is 0 Å². The lowest BCUT2D eigenvalue weighted by Gasteiger charge is -2.24. The third-order valence-corrected chi connectivity index (χ3v) is 3.79. The van der Waals surface area contributed by atoms with Crippen molar-refractivity contribution in [3.05, 3.63) is 54.1 Å². The summed E-state index contributed by atoms with van der Waals surface area (Å²) in [5.41, 5.74) is 2.44. The van der Waals surface area contributed by atoms with Crippen LogP contribution >= 0.6 is 0 Å². The van der Waals surface area contributed by atoms with Crippen molar-refractivity contribution in [3.63, 3.8) is 0 Å². The van der Waals surface area contributed by atoms with E-state index in [1.54, 1.807) is 0 Å². The van der Waals surface area contributed by atoms with Gasteiger partial charge in [0.2, 0.25) is 0 Å². The molecule has 0 spiro atoms. The molecule has 3 heteroatoms. The maximum atomic E-state index is 6.11. The van der Waals surface area contributed by atoms with Crippen molar-refractivity contribution in [2.75, 3.05) is 32.1 Å². The number of rotatable bonds is 4. The van der Waals surface area contributed by atoms with Crippen LogP contribution in [0.3, 0.4) is 0 Å². The van der Waals surface area contributed by atoms with Crippen LogP contribution in [-0.4, -0.2) is 32.1 Å². The highest BCUT2D eigenvalue weighted by molar-refractivity contribution is 5.62. The lowest BCUT2D eigenvalue weighted by Crippen LogP contribution is -2.26. The van der Waals surface area contributed by atoms with Gasteiger partial charge in [-0.2, -0.15) is 0 Å². The monoisotopic (exact) mass is 282 g/mol. The fourth-order valence-corrected chi connectivity index (χ4v) is 2.73. The minimum absolute atomic E-state index is 0.903. The molecule has 0 aliphatic carbocycles. The number of fused-ring (bicyclic) bond motifs is 2. The Kier molecular flexibility index (Phi) is 4.11. The second-order valence-electron chi connectivity index (χ2n) is 5.76. The Bertz CT molecular complexity index is 610. The van der Waals surface area contributed by atoms with E-state index in [9.17, 15) is 0 Å². The van der Waals surface area contributed by atoms with Gasteiger partial charge in [0.15, 0.2) is 5.75 Å². The van der Waals surface area contributed by atoms with E-state index in [0.717, 1.165) is 37.6 Å². The summed E-state index contributed by atoms with van der Waals surface area (Å²) in [5.74, 6) is 1.92. The minimum Gasteiger partial charge on any atom is -0.455 e. The topological polar surface area (TPSA) is 15.7 Å². The number of nitrogens with zero attached hydrogens (tertiary/aromatic N) is 2. The fraction of sp³-hybridized carbons (Fsp3) is 0.333. The van der Waals surface area contributed by atoms with Gasteiger partial charge in [0.1, 0.15) is 5.75 Å². The van der Waals surface area contributed by atoms with Gasteiger partial charge in [-0.1, -0.05) is 30.3 Å². The van der Waals surface area contributed by atoms with Gasteiger partial charge in [0.05, 0.1) is 5.69 Å². The molecule has 110 valence electrons. The third-order valence-electron chi connectivity index (χ3n) is 3.79. The van der Waals surface area contributed by atoms with E-state index in [0.29, 0.717) is 0 Å². The molecule has 2 aromatic rings. The van der Waals surface area contributed by atoms with Gasteiger partial charge < -0.3 is 14.5 Å². The van der Waals surface area contributed by atoms with Gasteiger partial charge in [0, 0.05) is 18.7 Å². The highest BCUT2D eigenvalue weighted by Crippen LogP contribution is 2.38. The van der Waals surface area contributed by atoms with Crippen molar-refractivity contribution in [1.82, 2.24) is 4.90 Å². The van der Waals surface area contributed by atoms with Crippen molar-refractivity contribution < 1.29 is 4.74 Å². The predicted molar refractivity (Wildman–Crippen MR) is 87.2 cm³/mol. The normalized spacial score (nSPS) is 13.4. The molecule has 0 atom stereocenters. The van der Waals surface area contributed by atoms with E-state index in [4.69, 9.17) is 4.74 Å². The number of benzene rings is 2. The number of ether oxygens (including phenoxy) is 1. The fourth-order valence-electron chi connectivity index (χ4n) is 2.73. The Morgan fingerprint density at radius 1 is 1.00 bits per heavy atom. The summed E-state index contributed by atoms with van der Waals surface area (Å²) in [4.78, 5) is 4.65. The summed E-state index contributed by atoms with van der Waals surface area (Å²) in [6, 6.07) is 16.6. The van der Waals surface area contributed by atoms with Crippen molar-refractivity contribution in [3.8, 4) is 11.5 Å². The SMILES string of the molecule is CN(C)CCCN1Cc2ccccc2Oc2ccccc21. The van der Waals surface area contributed by atoms with E-state index in [2.05, 4.69) is 60.3 Å². The molecule has 1 aliphatic rings. The Morgan fingerprint density at radius 3 is 2.52 bits per heavy atom. The highest BCUT2D eigenvalue weighted by Gasteiger charge is 2.19. The molecule has 1 heterocycles. The molecule has 21 heavy (non-hydrogen) atoms. The maximum absolute atomic E-state index is 6.11. The quantitative estimate of drug-likeness (QED) is 0.849. The molecule has 0 fully saturated rings. The molecule has 0 amide bonds. The van der Waals surface area contributed by atoms with Crippen LogP contribution in [0.15, 0.2) is 48.5 Å². The van der Waals surface area contributed by atoms with E-state index in [-0.39, 0.29) is 0 Å². The minimum atomic E-state index is 0.903. The molecule has 3 nitrogen and oxygen atoms in total. The molecular formula is C18H22N2O. The first-order valence-corrected chi connectivity index (χ1v) is 7.48. The Morgan fingerprint density at radius 2 is 1.71 bits per heavy atom. The highest BCUT2D eigenvalue weighted by atomic mass is 16.5. The standard InChI is InChI=1S/C18H22N2O/c1-19(2)12-7-13-20-14-15-8-3-5-10-17(15)21-18-11-6-4-9-16(18)20/h3-6,8-11H,7,12-14H2,1-2H3. The van der Waals surface area contributed by atoms with Crippen molar-refractivity contribution in [2.24, 2.45) is 0 Å². The molecule has 0 radical (unpaired) electrons. The summed E-state index contributed by atoms with van der Waals surface area (Å²) in [6.07, 6.45) is 1.14. The van der Waals surface area contributed by atoms with Crippen LogP contribution in [0.4, 0.5) is 5.69 Å². The van der Waals surface area contributed by atoms with Gasteiger partial charge in [-0.05, 0) is 45.3 Å². The van der Waals surface area contributed by atoms with Crippen LogP contribution in [0.2, 0.25) is 0 Å². The van der Waals surface area contributed by atoms with Gasteiger partial charge in [-0.25, -0.2) is 0 Å². The van der Waals surface area contributed by atoms with Gasteiger partial charge in [0.25, 0.3) is 0 Å². The molecule has 0 saturated carbocycles. The molecule has 3 rings (SSSR count). The van der Waals surface area contributed by atoms with Crippen molar-refractivity contribution in [2.45, 2.75) is 13.0 Å². The van der Waals surface area contributed by atoms with Crippen LogP contribution in [0.25, 0.3) is 0 Å². The molecule has 0 aromatic heterocycles. The summed E-state index contributed by atoms with van der Waals surface area (Å²) in [7, 11) is 4.24. The molecular weight excluding hydrogens is 260 g/mol. The summed E-state index contributed by atoms with van der Waals surface area (Å²) in [5, 5.41) is 0. The number of anilines is 1. The lowest BCUT2D eigenvalue weighted by atomic mass is 10.2. The molecule has 0 unspecified atom stereocenters. The Hall–Kier alpha value is -2.00. The molecule has 0 saturated heterocycles. The van der Waals surface area contributed by atoms with Crippen LogP contribution in [-0.2, 0) is 6.54 Å². The predicted octanol–water partition coefficient (Wildman–Crippen LogP) is 3.75. The Labute approximate surface area is 126 Å². The molecule has 1 aliphatic heterocycles. The lowest BCUT2D eigenvalue weighted by molar-refractivity contribution is 0.400. The van der Waals surface area contributed by atoms with Crippen molar-refractivity contribution >= 4 is 5.69 Å². The second kappa shape index (κ2) is 6.19. The average molecular weight is 282 g/mol. The van der Waals surface area contributed by atoms with E-state index in [1.807, 2.05) is 12.1 Å². The van der Waals surface area contributed by atoms with E-state index >= 15 is 0 Å². The van der Waals surface area contributed by atoms with Crippen molar-refractivity contribution in [1.29, 1.82) is 0 Å². The largest absolute Gasteiger partial charge is 0.455 e. The number of hydrogen-bond acceptors (Lipinski definition) is 3. The first-order chi connectivity index (χ1) is 10.2. The zero-order valence-corrected chi connectivity index (χ0v) is 12.7. The number of para-hydroxylation sites is 3. The number of hydrogen-bond donors (Lipinski definition) is 0. The van der Waals surface area contributed by atoms with E-state index < -0.39 is 0 Å². The first-order valence-electron chi connectivity index (χ1n) is 7.48. The average Bonchev–Trinajstić information content (AvgIpc) is 2.63. The zero-order valence-electron chi connectivity index (χ0n) is 12.7. The van der Waals surface area contributed by atoms with Crippen LogP contribution in [0.1, 0.15) is 12.0 Å². The maximum Gasteiger partial charge on any atom is 0.150 e. The Balaban J connectivity index is 1.88. The molecule has 0 N–H and O–H groups in total. The smallest absolute Gasteiger partial charge is 0.150 e. The third kappa shape index (κ3) is 3.19. The zero-order chi connectivity index (χ0) is 14.7. The first kappa shape index (κ1) is 14.0. The summed E-state index contributed by atoms with van der Waals surface area (Å²) >= 11 is 0. The molecule has 0 bridgehead atoms. The van der Waals surface area contributed by atoms with Gasteiger partial charge in [-0.3, -0.25) is 0 Å². The summed E-state index contributed by atoms with van der Waals surface area (Å²) < 4.78 is 6.11. The van der Waals surface area contributed by atoms with E-state index in [1.165, 1.54) is 11.3 Å². The van der Waals surface area contributed by atoms with Crippen LogP contribution < -0.4 is 9.64 Å². The van der Waals surface area contributed by atoms with Gasteiger partial charge in [-0.15, -0.1) is 0 Å².